The van der Waals surface area contributed by atoms with Crippen molar-refractivity contribution in [3.8, 4) is 10.7 Å². The molecule has 0 saturated carbocycles. The third-order valence-electron chi connectivity index (χ3n) is 3.23. The molecule has 0 spiro atoms. The van der Waals surface area contributed by atoms with Gasteiger partial charge in [0.2, 0.25) is 0 Å². The van der Waals surface area contributed by atoms with Crippen molar-refractivity contribution in [2.24, 2.45) is 0 Å². The molecule has 3 rings (SSSR count). The van der Waals surface area contributed by atoms with Gasteiger partial charge < -0.3 is 0 Å². The van der Waals surface area contributed by atoms with Crippen molar-refractivity contribution in [1.82, 2.24) is 14.9 Å². The van der Waals surface area contributed by atoms with Crippen LogP contribution >= 0.6 is 27.3 Å². The molecule has 3 nitrogen and oxygen atoms in total. The van der Waals surface area contributed by atoms with E-state index in [-0.39, 0.29) is 0 Å². The quantitative estimate of drug-likeness (QED) is 0.654. The molecule has 5 heteroatoms. The number of pyridine rings is 1. The molecule has 112 valence electrons. The van der Waals surface area contributed by atoms with Gasteiger partial charge in [-0.1, -0.05) is 34.1 Å². The highest BCUT2D eigenvalue weighted by atomic mass is 79.9. The standard InChI is InChI=1S/C17H16BrN3S/c1-21(10-13-5-7-14(18)8-6-13)11-15-12-22-17(20-15)16-4-2-3-9-19-16/h2-9,12H,10-11H2,1H3. The summed E-state index contributed by atoms with van der Waals surface area (Å²) in [5.41, 5.74) is 3.32. The summed E-state index contributed by atoms with van der Waals surface area (Å²) in [5, 5.41) is 3.09. The Bertz CT molecular complexity index is 725. The fourth-order valence-electron chi connectivity index (χ4n) is 2.22. The molecule has 1 aromatic carbocycles. The average Bonchev–Trinajstić information content (AvgIpc) is 2.99. The number of rotatable bonds is 5. The van der Waals surface area contributed by atoms with Crippen molar-refractivity contribution >= 4 is 27.3 Å². The summed E-state index contributed by atoms with van der Waals surface area (Å²) >= 11 is 5.11. The molecule has 0 aliphatic carbocycles. The van der Waals surface area contributed by atoms with Gasteiger partial charge in [-0.2, -0.15) is 0 Å². The smallest absolute Gasteiger partial charge is 0.142 e. The predicted octanol–water partition coefficient (Wildman–Crippen LogP) is 4.60. The maximum Gasteiger partial charge on any atom is 0.142 e. The molecule has 0 fully saturated rings. The van der Waals surface area contributed by atoms with Crippen LogP contribution in [-0.4, -0.2) is 21.9 Å². The van der Waals surface area contributed by atoms with Crippen molar-refractivity contribution in [2.45, 2.75) is 13.1 Å². The van der Waals surface area contributed by atoms with Crippen LogP contribution in [0.2, 0.25) is 0 Å². The highest BCUT2D eigenvalue weighted by Crippen LogP contribution is 2.22. The normalized spacial score (nSPS) is 11.0. The monoisotopic (exact) mass is 373 g/mol. The molecule has 0 unspecified atom stereocenters. The Labute approximate surface area is 142 Å². The van der Waals surface area contributed by atoms with Gasteiger partial charge in [0.1, 0.15) is 5.01 Å². The van der Waals surface area contributed by atoms with Gasteiger partial charge in [-0.05, 0) is 36.9 Å². The lowest BCUT2D eigenvalue weighted by molar-refractivity contribution is 0.316. The first kappa shape index (κ1) is 15.3. The Morgan fingerprint density at radius 1 is 1.09 bits per heavy atom. The Kier molecular flexibility index (Phi) is 4.97. The van der Waals surface area contributed by atoms with Gasteiger partial charge in [-0.3, -0.25) is 9.88 Å². The summed E-state index contributed by atoms with van der Waals surface area (Å²) in [7, 11) is 2.11. The molecule has 0 amide bonds. The molecular weight excluding hydrogens is 358 g/mol. The number of hydrogen-bond acceptors (Lipinski definition) is 4. The van der Waals surface area contributed by atoms with E-state index in [2.05, 4.69) is 67.5 Å². The summed E-state index contributed by atoms with van der Waals surface area (Å²) in [6, 6.07) is 14.3. The second-order valence-electron chi connectivity index (χ2n) is 5.16. The van der Waals surface area contributed by atoms with E-state index in [0.717, 1.165) is 34.0 Å². The van der Waals surface area contributed by atoms with E-state index in [1.165, 1.54) is 5.56 Å². The van der Waals surface area contributed by atoms with E-state index in [1.54, 1.807) is 17.5 Å². The maximum absolute atomic E-state index is 4.68. The minimum Gasteiger partial charge on any atom is -0.296 e. The lowest BCUT2D eigenvalue weighted by atomic mass is 10.2. The second kappa shape index (κ2) is 7.13. The van der Waals surface area contributed by atoms with Gasteiger partial charge in [0.25, 0.3) is 0 Å². The zero-order valence-corrected chi connectivity index (χ0v) is 14.6. The molecule has 2 aromatic heterocycles. The van der Waals surface area contributed by atoms with Crippen molar-refractivity contribution < 1.29 is 0 Å². The fraction of sp³-hybridized carbons (Fsp3) is 0.176. The van der Waals surface area contributed by atoms with Crippen LogP contribution in [0.25, 0.3) is 10.7 Å². The summed E-state index contributed by atoms with van der Waals surface area (Å²) in [6.07, 6.45) is 1.80. The van der Waals surface area contributed by atoms with Gasteiger partial charge in [-0.25, -0.2) is 4.98 Å². The molecule has 2 heterocycles. The largest absolute Gasteiger partial charge is 0.296 e. The summed E-state index contributed by atoms with van der Waals surface area (Å²) in [5.74, 6) is 0. The lowest BCUT2D eigenvalue weighted by Gasteiger charge is -2.15. The maximum atomic E-state index is 4.68. The third-order valence-corrected chi connectivity index (χ3v) is 4.68. The number of halogens is 1. The first-order chi connectivity index (χ1) is 10.7. The van der Waals surface area contributed by atoms with Crippen LogP contribution in [0.3, 0.4) is 0 Å². The Morgan fingerprint density at radius 3 is 2.64 bits per heavy atom. The van der Waals surface area contributed by atoms with E-state index in [4.69, 9.17) is 0 Å². The van der Waals surface area contributed by atoms with E-state index in [0.29, 0.717) is 0 Å². The molecule has 0 atom stereocenters. The SMILES string of the molecule is CN(Cc1ccc(Br)cc1)Cc1csc(-c2ccccn2)n1. The van der Waals surface area contributed by atoms with Crippen molar-refractivity contribution in [3.63, 3.8) is 0 Å². The first-order valence-electron chi connectivity index (χ1n) is 6.99. The molecule has 0 N–H and O–H groups in total. The number of benzene rings is 1. The lowest BCUT2D eigenvalue weighted by Crippen LogP contribution is -2.17. The van der Waals surface area contributed by atoms with E-state index < -0.39 is 0 Å². The van der Waals surface area contributed by atoms with Crippen LogP contribution in [0.4, 0.5) is 0 Å². The third kappa shape index (κ3) is 4.00. The number of aromatic nitrogens is 2. The zero-order chi connectivity index (χ0) is 15.4. The fourth-order valence-corrected chi connectivity index (χ4v) is 3.27. The predicted molar refractivity (Wildman–Crippen MR) is 94.7 cm³/mol. The minimum absolute atomic E-state index is 0.833. The molecule has 0 bridgehead atoms. The highest BCUT2D eigenvalue weighted by Gasteiger charge is 2.08. The van der Waals surface area contributed by atoms with Crippen LogP contribution in [0.5, 0.6) is 0 Å². The van der Waals surface area contributed by atoms with Gasteiger partial charge in [-0.15, -0.1) is 11.3 Å². The van der Waals surface area contributed by atoms with E-state index in [1.807, 2.05) is 18.2 Å². The average molecular weight is 374 g/mol. The second-order valence-corrected chi connectivity index (χ2v) is 6.93. The van der Waals surface area contributed by atoms with Crippen LogP contribution in [0.1, 0.15) is 11.3 Å². The Morgan fingerprint density at radius 2 is 1.91 bits per heavy atom. The molecule has 0 saturated heterocycles. The number of thiazole rings is 1. The molecule has 22 heavy (non-hydrogen) atoms. The molecule has 0 aliphatic heterocycles. The van der Waals surface area contributed by atoms with Crippen molar-refractivity contribution in [2.75, 3.05) is 7.05 Å². The Balaban J connectivity index is 1.63. The van der Waals surface area contributed by atoms with E-state index >= 15 is 0 Å². The topological polar surface area (TPSA) is 29.0 Å². The van der Waals surface area contributed by atoms with Gasteiger partial charge in [0, 0.05) is 29.1 Å². The Hall–Kier alpha value is -1.56. The summed E-state index contributed by atoms with van der Waals surface area (Å²) in [4.78, 5) is 11.3. The van der Waals surface area contributed by atoms with Gasteiger partial charge in [0.15, 0.2) is 0 Å². The first-order valence-corrected chi connectivity index (χ1v) is 8.67. The summed E-state index contributed by atoms with van der Waals surface area (Å²) < 4.78 is 1.11. The zero-order valence-electron chi connectivity index (χ0n) is 12.2. The minimum atomic E-state index is 0.833. The molecule has 0 radical (unpaired) electrons. The van der Waals surface area contributed by atoms with Crippen LogP contribution < -0.4 is 0 Å². The summed E-state index contributed by atoms with van der Waals surface area (Å²) in [6.45, 7) is 1.74. The van der Waals surface area contributed by atoms with Crippen LogP contribution in [0, 0.1) is 0 Å². The van der Waals surface area contributed by atoms with Crippen molar-refractivity contribution in [3.05, 3.63) is 69.8 Å². The highest BCUT2D eigenvalue weighted by molar-refractivity contribution is 9.10. The van der Waals surface area contributed by atoms with Gasteiger partial charge >= 0.3 is 0 Å². The van der Waals surface area contributed by atoms with E-state index in [9.17, 15) is 0 Å². The van der Waals surface area contributed by atoms with Crippen LogP contribution in [-0.2, 0) is 13.1 Å². The van der Waals surface area contributed by atoms with Crippen LogP contribution in [0.15, 0.2) is 58.5 Å². The van der Waals surface area contributed by atoms with Crippen molar-refractivity contribution in [1.29, 1.82) is 0 Å². The molecular formula is C17H16BrN3S. The number of nitrogens with zero attached hydrogens (tertiary/aromatic N) is 3. The number of hydrogen-bond donors (Lipinski definition) is 0. The molecule has 0 aliphatic rings. The molecule has 3 aromatic rings. The van der Waals surface area contributed by atoms with Gasteiger partial charge in [0.05, 0.1) is 11.4 Å².